The highest BCUT2D eigenvalue weighted by Gasteiger charge is 2.09. The van der Waals surface area contributed by atoms with Gasteiger partial charge in [0.05, 0.1) is 16.9 Å². The van der Waals surface area contributed by atoms with Crippen molar-refractivity contribution in [2.24, 2.45) is 0 Å². The molecule has 1 heterocycles. The lowest BCUT2D eigenvalue weighted by Gasteiger charge is -2.22. The van der Waals surface area contributed by atoms with Crippen molar-refractivity contribution in [2.45, 2.75) is 6.54 Å². The van der Waals surface area contributed by atoms with Gasteiger partial charge < -0.3 is 10.6 Å². The molecule has 0 aliphatic heterocycles. The predicted octanol–water partition coefficient (Wildman–Crippen LogP) is 4.11. The van der Waals surface area contributed by atoms with Gasteiger partial charge in [-0.05, 0) is 35.9 Å². The van der Waals surface area contributed by atoms with E-state index >= 15 is 0 Å². The Morgan fingerprint density at radius 2 is 1.95 bits per heavy atom. The molecular weight excluding hydrogens is 282 g/mol. The fourth-order valence-corrected chi connectivity index (χ4v) is 2.65. The zero-order chi connectivity index (χ0) is 14.8. The summed E-state index contributed by atoms with van der Waals surface area (Å²) in [7, 11) is 2.01. The van der Waals surface area contributed by atoms with E-state index in [2.05, 4.69) is 16.0 Å². The summed E-state index contributed by atoms with van der Waals surface area (Å²) in [6.07, 6.45) is 1.84. The Morgan fingerprint density at radius 1 is 1.14 bits per heavy atom. The second kappa shape index (κ2) is 5.62. The fourth-order valence-electron chi connectivity index (χ4n) is 2.48. The Hall–Kier alpha value is -2.26. The van der Waals surface area contributed by atoms with Crippen molar-refractivity contribution in [3.63, 3.8) is 0 Å². The molecule has 0 atom stereocenters. The van der Waals surface area contributed by atoms with Crippen molar-refractivity contribution in [2.75, 3.05) is 17.7 Å². The number of hydrogen-bond donors (Lipinski definition) is 1. The summed E-state index contributed by atoms with van der Waals surface area (Å²) < 4.78 is 0. The van der Waals surface area contributed by atoms with Gasteiger partial charge in [-0.3, -0.25) is 4.98 Å². The molecule has 0 unspecified atom stereocenters. The predicted molar refractivity (Wildman–Crippen MR) is 89.7 cm³/mol. The van der Waals surface area contributed by atoms with Crippen LogP contribution in [-0.2, 0) is 6.54 Å². The van der Waals surface area contributed by atoms with E-state index in [0.29, 0.717) is 5.02 Å². The maximum Gasteiger partial charge on any atom is 0.0705 e. The van der Waals surface area contributed by atoms with Crippen LogP contribution in [0.5, 0.6) is 0 Å². The maximum atomic E-state index is 6.07. The zero-order valence-corrected chi connectivity index (χ0v) is 12.5. The fraction of sp³-hybridized carbons (Fsp3) is 0.118. The molecule has 3 nitrogen and oxygen atoms in total. The quantitative estimate of drug-likeness (QED) is 0.740. The van der Waals surface area contributed by atoms with Crippen LogP contribution in [0.2, 0.25) is 5.02 Å². The number of nitrogens with two attached hydrogens (primary N) is 1. The van der Waals surface area contributed by atoms with E-state index in [0.717, 1.165) is 28.8 Å². The summed E-state index contributed by atoms with van der Waals surface area (Å²) in [6.45, 7) is 0.744. The van der Waals surface area contributed by atoms with Gasteiger partial charge in [-0.25, -0.2) is 0 Å². The molecular formula is C17H16ClN3. The number of nitrogens with zero attached hydrogens (tertiary/aromatic N) is 2. The first kappa shape index (κ1) is 13.7. The maximum absolute atomic E-state index is 6.07. The Balaban J connectivity index is 1.96. The van der Waals surface area contributed by atoms with Gasteiger partial charge >= 0.3 is 0 Å². The molecule has 21 heavy (non-hydrogen) atoms. The molecule has 1 aromatic heterocycles. The third-order valence-electron chi connectivity index (χ3n) is 3.55. The van der Waals surface area contributed by atoms with Crippen molar-refractivity contribution >= 4 is 33.9 Å². The molecule has 0 radical (unpaired) electrons. The monoisotopic (exact) mass is 297 g/mol. The normalized spacial score (nSPS) is 10.8. The second-order valence-electron chi connectivity index (χ2n) is 5.05. The van der Waals surface area contributed by atoms with Crippen LogP contribution < -0.4 is 10.6 Å². The SMILES string of the molecule is CN(Cc1ccnc2ccccc12)c1cc(Cl)ccc1N. The van der Waals surface area contributed by atoms with Crippen LogP contribution in [0.25, 0.3) is 10.9 Å². The number of halogens is 1. The van der Waals surface area contributed by atoms with Crippen LogP contribution in [0.1, 0.15) is 5.56 Å². The highest BCUT2D eigenvalue weighted by Crippen LogP contribution is 2.28. The van der Waals surface area contributed by atoms with E-state index < -0.39 is 0 Å². The number of rotatable bonds is 3. The van der Waals surface area contributed by atoms with E-state index in [1.165, 1.54) is 5.56 Å². The first-order valence-electron chi connectivity index (χ1n) is 6.74. The lowest BCUT2D eigenvalue weighted by molar-refractivity contribution is 0.930. The summed E-state index contributed by atoms with van der Waals surface area (Å²) in [6, 6.07) is 15.7. The molecule has 0 spiro atoms. The molecule has 106 valence electrons. The minimum atomic E-state index is 0.686. The Kier molecular flexibility index (Phi) is 3.67. The molecule has 0 aliphatic carbocycles. The molecule has 0 saturated carbocycles. The highest BCUT2D eigenvalue weighted by molar-refractivity contribution is 6.31. The molecule has 0 saturated heterocycles. The average Bonchev–Trinajstić information content (AvgIpc) is 2.50. The molecule has 2 aromatic carbocycles. The molecule has 2 N–H and O–H groups in total. The van der Waals surface area contributed by atoms with E-state index in [9.17, 15) is 0 Å². The minimum absolute atomic E-state index is 0.686. The topological polar surface area (TPSA) is 42.2 Å². The molecule has 0 aliphatic rings. The van der Waals surface area contributed by atoms with Crippen LogP contribution >= 0.6 is 11.6 Å². The lowest BCUT2D eigenvalue weighted by atomic mass is 10.1. The lowest BCUT2D eigenvalue weighted by Crippen LogP contribution is -2.18. The van der Waals surface area contributed by atoms with Gasteiger partial charge in [0.2, 0.25) is 0 Å². The molecule has 0 amide bonds. The molecule has 4 heteroatoms. The van der Waals surface area contributed by atoms with Crippen LogP contribution in [0, 0.1) is 0 Å². The largest absolute Gasteiger partial charge is 0.397 e. The molecule has 3 rings (SSSR count). The summed E-state index contributed by atoms with van der Waals surface area (Å²) in [5, 5.41) is 1.85. The number of hydrogen-bond acceptors (Lipinski definition) is 3. The number of nitrogen functional groups attached to an aromatic ring is 1. The molecule has 0 bridgehead atoms. The number of para-hydroxylation sites is 1. The van der Waals surface area contributed by atoms with E-state index in [-0.39, 0.29) is 0 Å². The Bertz CT molecular complexity index is 781. The smallest absolute Gasteiger partial charge is 0.0705 e. The summed E-state index contributed by atoms with van der Waals surface area (Å²) >= 11 is 6.07. The highest BCUT2D eigenvalue weighted by atomic mass is 35.5. The number of aromatic nitrogens is 1. The summed E-state index contributed by atoms with van der Waals surface area (Å²) in [4.78, 5) is 6.49. The van der Waals surface area contributed by atoms with Gasteiger partial charge in [0.1, 0.15) is 0 Å². The van der Waals surface area contributed by atoms with Gasteiger partial charge in [0.25, 0.3) is 0 Å². The third kappa shape index (κ3) is 2.78. The van der Waals surface area contributed by atoms with E-state index in [4.69, 9.17) is 17.3 Å². The van der Waals surface area contributed by atoms with Gasteiger partial charge in [-0.15, -0.1) is 0 Å². The molecule has 0 fully saturated rings. The number of anilines is 2. The van der Waals surface area contributed by atoms with Crippen molar-refractivity contribution < 1.29 is 0 Å². The van der Waals surface area contributed by atoms with Gasteiger partial charge in [-0.1, -0.05) is 29.8 Å². The first-order valence-corrected chi connectivity index (χ1v) is 7.12. The van der Waals surface area contributed by atoms with Gasteiger partial charge in [0, 0.05) is 30.2 Å². The molecule has 3 aromatic rings. The van der Waals surface area contributed by atoms with Gasteiger partial charge in [-0.2, -0.15) is 0 Å². The minimum Gasteiger partial charge on any atom is -0.397 e. The Morgan fingerprint density at radius 3 is 2.81 bits per heavy atom. The van der Waals surface area contributed by atoms with Crippen molar-refractivity contribution in [3.8, 4) is 0 Å². The van der Waals surface area contributed by atoms with Crippen molar-refractivity contribution in [1.29, 1.82) is 0 Å². The second-order valence-corrected chi connectivity index (χ2v) is 5.48. The van der Waals surface area contributed by atoms with Crippen LogP contribution in [0.4, 0.5) is 11.4 Å². The average molecular weight is 298 g/mol. The van der Waals surface area contributed by atoms with Crippen molar-refractivity contribution in [3.05, 3.63) is 65.3 Å². The van der Waals surface area contributed by atoms with Crippen LogP contribution in [-0.4, -0.2) is 12.0 Å². The van der Waals surface area contributed by atoms with Gasteiger partial charge in [0.15, 0.2) is 0 Å². The third-order valence-corrected chi connectivity index (χ3v) is 3.79. The number of benzene rings is 2. The van der Waals surface area contributed by atoms with Crippen molar-refractivity contribution in [1.82, 2.24) is 4.98 Å². The zero-order valence-electron chi connectivity index (χ0n) is 11.8. The first-order chi connectivity index (χ1) is 10.1. The van der Waals surface area contributed by atoms with Crippen LogP contribution in [0.3, 0.4) is 0 Å². The summed E-state index contributed by atoms with van der Waals surface area (Å²) in [5.41, 5.74) is 9.91. The van der Waals surface area contributed by atoms with Crippen LogP contribution in [0.15, 0.2) is 54.7 Å². The van der Waals surface area contributed by atoms with E-state index in [1.54, 1.807) is 6.07 Å². The van der Waals surface area contributed by atoms with E-state index in [1.807, 2.05) is 49.6 Å². The Labute approximate surface area is 129 Å². The standard InChI is InChI=1S/C17H16ClN3/c1-21(17-10-13(18)6-7-15(17)19)11-12-8-9-20-16-5-3-2-4-14(12)16/h2-10H,11,19H2,1H3. The summed E-state index contributed by atoms with van der Waals surface area (Å²) in [5.74, 6) is 0. The number of pyridine rings is 1. The number of fused-ring (bicyclic) bond motifs is 1.